The average Bonchev–Trinajstić information content (AvgIpc) is 2.78. The van der Waals surface area contributed by atoms with E-state index in [1.807, 2.05) is 4.90 Å². The zero-order chi connectivity index (χ0) is 22.8. The van der Waals surface area contributed by atoms with Gasteiger partial charge >= 0.3 is 11.6 Å². The molecule has 2 aromatic carbocycles. The molecule has 2 heterocycles. The summed E-state index contributed by atoms with van der Waals surface area (Å²) in [5.41, 5.74) is 1.28. The number of hydrogen-bond donors (Lipinski definition) is 0. The van der Waals surface area contributed by atoms with Gasteiger partial charge < -0.3 is 18.8 Å². The van der Waals surface area contributed by atoms with Crippen LogP contribution in [0.25, 0.3) is 11.0 Å². The molecule has 0 spiro atoms. The molecule has 0 aliphatic carbocycles. The molecular formula is C22H19ClN2O7. The first-order valence-electron chi connectivity index (χ1n) is 9.84. The third-order valence-corrected chi connectivity index (χ3v) is 5.64. The van der Waals surface area contributed by atoms with E-state index in [0.29, 0.717) is 53.5 Å². The van der Waals surface area contributed by atoms with Crippen molar-refractivity contribution in [3.05, 3.63) is 78.6 Å². The third-order valence-electron chi connectivity index (χ3n) is 5.23. The van der Waals surface area contributed by atoms with E-state index in [0.717, 1.165) is 5.56 Å². The topological polar surface area (TPSA) is 112 Å². The van der Waals surface area contributed by atoms with Crippen LogP contribution in [0.2, 0.25) is 5.02 Å². The number of nitro benzene ring substituents is 1. The zero-order valence-corrected chi connectivity index (χ0v) is 17.9. The second kappa shape index (κ2) is 8.97. The van der Waals surface area contributed by atoms with Crippen LogP contribution in [0.3, 0.4) is 0 Å². The summed E-state index contributed by atoms with van der Waals surface area (Å²) in [6, 6.07) is 8.60. The smallest absolute Gasteiger partial charge is 0.340 e. The summed E-state index contributed by atoms with van der Waals surface area (Å²) < 4.78 is 16.0. The van der Waals surface area contributed by atoms with Crippen molar-refractivity contribution < 1.29 is 23.6 Å². The van der Waals surface area contributed by atoms with Crippen LogP contribution in [0.5, 0.6) is 0 Å². The summed E-state index contributed by atoms with van der Waals surface area (Å²) in [5.74, 6) is -0.741. The predicted octanol–water partition coefficient (Wildman–Crippen LogP) is 3.86. The summed E-state index contributed by atoms with van der Waals surface area (Å²) in [5, 5.41) is 12.3. The minimum atomic E-state index is -0.741. The quantitative estimate of drug-likeness (QED) is 0.245. The lowest BCUT2D eigenvalue weighted by Crippen LogP contribution is -2.37. The van der Waals surface area contributed by atoms with E-state index in [1.165, 1.54) is 24.3 Å². The Morgan fingerprint density at radius 3 is 2.69 bits per heavy atom. The van der Waals surface area contributed by atoms with E-state index >= 15 is 0 Å². The molecule has 0 N–H and O–H groups in total. The van der Waals surface area contributed by atoms with Gasteiger partial charge in [0.25, 0.3) is 5.69 Å². The molecule has 32 heavy (non-hydrogen) atoms. The fourth-order valence-corrected chi connectivity index (χ4v) is 3.73. The van der Waals surface area contributed by atoms with E-state index < -0.39 is 16.5 Å². The Kier molecular flexibility index (Phi) is 6.11. The van der Waals surface area contributed by atoms with Crippen molar-refractivity contribution >= 4 is 39.9 Å². The van der Waals surface area contributed by atoms with Crippen LogP contribution in [-0.2, 0) is 16.1 Å². The van der Waals surface area contributed by atoms with Crippen LogP contribution >= 0.6 is 11.6 Å². The van der Waals surface area contributed by atoms with E-state index in [9.17, 15) is 19.7 Å². The first kappa shape index (κ1) is 21.8. The van der Waals surface area contributed by atoms with Gasteiger partial charge in [-0.3, -0.25) is 10.1 Å². The van der Waals surface area contributed by atoms with Gasteiger partial charge in [-0.15, -0.1) is 0 Å². The lowest BCUT2D eigenvalue weighted by atomic mass is 10.1. The van der Waals surface area contributed by atoms with E-state index in [1.54, 1.807) is 19.1 Å². The van der Waals surface area contributed by atoms with Gasteiger partial charge in [0, 0.05) is 47.3 Å². The van der Waals surface area contributed by atoms with Gasteiger partial charge in [-0.2, -0.15) is 0 Å². The maximum Gasteiger partial charge on any atom is 0.340 e. The van der Waals surface area contributed by atoms with E-state index in [-0.39, 0.29) is 17.9 Å². The van der Waals surface area contributed by atoms with Crippen LogP contribution in [0.1, 0.15) is 21.5 Å². The SMILES string of the molecule is Cc1cc2oc(=O)cc(COC(=O)c3cc([N+](=O)[O-])ccc3N3CCOCC3)c2cc1Cl. The number of ether oxygens (including phenoxy) is 2. The predicted molar refractivity (Wildman–Crippen MR) is 117 cm³/mol. The first-order valence-corrected chi connectivity index (χ1v) is 10.2. The van der Waals surface area contributed by atoms with Gasteiger partial charge in [0.05, 0.1) is 29.4 Å². The second-order valence-corrected chi connectivity index (χ2v) is 7.73. The highest BCUT2D eigenvalue weighted by atomic mass is 35.5. The van der Waals surface area contributed by atoms with Crippen LogP contribution in [0.15, 0.2) is 45.6 Å². The molecule has 0 amide bonds. The lowest BCUT2D eigenvalue weighted by Gasteiger charge is -2.30. The van der Waals surface area contributed by atoms with Gasteiger partial charge in [0.1, 0.15) is 12.2 Å². The third kappa shape index (κ3) is 4.44. The van der Waals surface area contributed by atoms with Crippen molar-refractivity contribution in [3.8, 4) is 0 Å². The van der Waals surface area contributed by atoms with E-state index in [2.05, 4.69) is 0 Å². The maximum absolute atomic E-state index is 13.0. The summed E-state index contributed by atoms with van der Waals surface area (Å²) in [7, 11) is 0. The largest absolute Gasteiger partial charge is 0.457 e. The number of hydrogen-bond acceptors (Lipinski definition) is 8. The lowest BCUT2D eigenvalue weighted by molar-refractivity contribution is -0.384. The zero-order valence-electron chi connectivity index (χ0n) is 17.1. The second-order valence-electron chi connectivity index (χ2n) is 7.32. The molecular weight excluding hydrogens is 440 g/mol. The van der Waals surface area contributed by atoms with E-state index in [4.69, 9.17) is 25.5 Å². The Morgan fingerprint density at radius 2 is 1.97 bits per heavy atom. The summed E-state index contributed by atoms with van der Waals surface area (Å²) in [6.07, 6.45) is 0. The van der Waals surface area contributed by atoms with Gasteiger partial charge in [-0.05, 0) is 30.7 Å². The molecule has 0 atom stereocenters. The average molecular weight is 459 g/mol. The molecule has 166 valence electrons. The van der Waals surface area contributed by atoms with Crippen molar-refractivity contribution in [3.63, 3.8) is 0 Å². The number of aryl methyl sites for hydroxylation is 1. The molecule has 0 unspecified atom stereocenters. The number of non-ortho nitro benzene ring substituents is 1. The molecule has 1 fully saturated rings. The summed E-state index contributed by atoms with van der Waals surface area (Å²) in [6.45, 7) is 3.60. The van der Waals surface area contributed by atoms with Crippen LogP contribution in [0, 0.1) is 17.0 Å². The minimum absolute atomic E-state index is 0.0715. The highest BCUT2D eigenvalue weighted by Gasteiger charge is 2.23. The number of rotatable bonds is 5. The number of carbonyl (C=O) groups excluding carboxylic acids is 1. The number of nitrogens with zero attached hydrogens (tertiary/aromatic N) is 2. The fraction of sp³-hybridized carbons (Fsp3) is 0.273. The van der Waals surface area contributed by atoms with Crippen LogP contribution < -0.4 is 10.5 Å². The highest BCUT2D eigenvalue weighted by molar-refractivity contribution is 6.32. The number of anilines is 1. The first-order chi connectivity index (χ1) is 15.3. The Balaban J connectivity index is 1.66. The van der Waals surface area contributed by atoms with Crippen molar-refractivity contribution in [2.24, 2.45) is 0 Å². The van der Waals surface area contributed by atoms with Gasteiger partial charge in [0.2, 0.25) is 0 Å². The standard InChI is InChI=1S/C22H19ClN2O7/c1-13-8-20-16(11-18(13)23)14(9-21(26)32-20)12-31-22(27)17-10-15(25(28)29)2-3-19(17)24-4-6-30-7-5-24/h2-3,8-11H,4-7,12H2,1H3. The molecule has 3 aromatic rings. The monoisotopic (exact) mass is 458 g/mol. The van der Waals surface area contributed by atoms with Crippen molar-refractivity contribution in [2.45, 2.75) is 13.5 Å². The summed E-state index contributed by atoms with van der Waals surface area (Å²) in [4.78, 5) is 37.5. The normalized spacial score (nSPS) is 13.9. The number of morpholine rings is 1. The van der Waals surface area contributed by atoms with Crippen LogP contribution in [-0.4, -0.2) is 37.2 Å². The number of carbonyl (C=O) groups is 1. The van der Waals surface area contributed by atoms with Crippen molar-refractivity contribution in [2.75, 3.05) is 31.2 Å². The van der Waals surface area contributed by atoms with Crippen molar-refractivity contribution in [1.82, 2.24) is 0 Å². The number of halogens is 1. The Morgan fingerprint density at radius 1 is 1.22 bits per heavy atom. The Labute approximate surface area is 187 Å². The molecule has 1 aromatic heterocycles. The van der Waals surface area contributed by atoms with Crippen LogP contribution in [0.4, 0.5) is 11.4 Å². The molecule has 10 heteroatoms. The molecule has 0 radical (unpaired) electrons. The maximum atomic E-state index is 13.0. The minimum Gasteiger partial charge on any atom is -0.457 e. The molecule has 0 saturated carbocycles. The number of esters is 1. The van der Waals surface area contributed by atoms with Crippen molar-refractivity contribution in [1.29, 1.82) is 0 Å². The number of benzene rings is 2. The Bertz CT molecular complexity index is 1270. The Hall–Kier alpha value is -3.43. The number of nitro groups is 1. The molecule has 0 bridgehead atoms. The molecule has 1 aliphatic heterocycles. The number of fused-ring (bicyclic) bond motifs is 1. The summed E-state index contributed by atoms with van der Waals surface area (Å²) >= 11 is 6.20. The molecule has 1 aliphatic rings. The van der Waals surface area contributed by atoms with Gasteiger partial charge in [-0.25, -0.2) is 9.59 Å². The molecule has 4 rings (SSSR count). The fourth-order valence-electron chi connectivity index (χ4n) is 3.57. The molecule has 1 saturated heterocycles. The molecule has 9 nitrogen and oxygen atoms in total. The highest BCUT2D eigenvalue weighted by Crippen LogP contribution is 2.29. The van der Waals surface area contributed by atoms with Gasteiger partial charge in [-0.1, -0.05) is 11.6 Å². The van der Waals surface area contributed by atoms with Gasteiger partial charge in [0.15, 0.2) is 0 Å².